The van der Waals surface area contributed by atoms with Crippen LogP contribution in [0.25, 0.3) is 0 Å². The van der Waals surface area contributed by atoms with Gasteiger partial charge in [-0.3, -0.25) is 4.99 Å². The van der Waals surface area contributed by atoms with Gasteiger partial charge in [0.1, 0.15) is 22.9 Å². The number of hydrogen-bond acceptors (Lipinski definition) is 4. The zero-order valence-electron chi connectivity index (χ0n) is 16.8. The lowest BCUT2D eigenvalue weighted by atomic mass is 9.63. The van der Waals surface area contributed by atoms with Gasteiger partial charge in [-0.15, -0.1) is 0 Å². The third-order valence-electron chi connectivity index (χ3n) is 6.45. The Morgan fingerprint density at radius 1 is 1.22 bits per heavy atom. The molecule has 0 unspecified atom stereocenters. The van der Waals surface area contributed by atoms with E-state index >= 15 is 4.39 Å². The van der Waals surface area contributed by atoms with Crippen LogP contribution in [0.5, 0.6) is 5.75 Å². The van der Waals surface area contributed by atoms with E-state index in [9.17, 15) is 0 Å². The maximum Gasteiger partial charge on any atom is 0.129 e. The standard InChI is InChI=1S/C22H31FN2O2/c1-20(2)10-15-11-21(3,4)27-13-22(15,25-19(20)24)17-9-16(7-8-18(17)23)26-12-14-5-6-14/h7-9,14-15H,5-6,10-13H2,1-4H3,(H2,24,25)/t15-,22+/m1/s1. The van der Waals surface area contributed by atoms with Crippen LogP contribution >= 0.6 is 0 Å². The zero-order chi connectivity index (χ0) is 19.4. The molecule has 27 heavy (non-hydrogen) atoms. The lowest BCUT2D eigenvalue weighted by Gasteiger charge is -2.52. The van der Waals surface area contributed by atoms with Crippen molar-refractivity contribution in [3.63, 3.8) is 0 Å². The van der Waals surface area contributed by atoms with Gasteiger partial charge in [-0.2, -0.15) is 0 Å². The van der Waals surface area contributed by atoms with E-state index in [4.69, 9.17) is 20.2 Å². The Morgan fingerprint density at radius 2 is 1.96 bits per heavy atom. The third kappa shape index (κ3) is 3.46. The molecule has 2 aliphatic heterocycles. The molecule has 5 heteroatoms. The van der Waals surface area contributed by atoms with E-state index in [1.54, 1.807) is 6.07 Å². The topological polar surface area (TPSA) is 56.8 Å². The lowest BCUT2D eigenvalue weighted by molar-refractivity contribution is -0.123. The van der Waals surface area contributed by atoms with Gasteiger partial charge in [0.15, 0.2) is 0 Å². The molecule has 0 amide bonds. The number of halogens is 1. The van der Waals surface area contributed by atoms with E-state index in [-0.39, 0.29) is 22.8 Å². The summed E-state index contributed by atoms with van der Waals surface area (Å²) in [6.07, 6.45) is 4.12. The third-order valence-corrected chi connectivity index (χ3v) is 6.45. The van der Waals surface area contributed by atoms with Gasteiger partial charge in [0.05, 0.1) is 18.8 Å². The number of nitrogens with zero attached hydrogens (tertiary/aromatic N) is 1. The predicted octanol–water partition coefficient (Wildman–Crippen LogP) is 4.41. The molecule has 148 valence electrons. The smallest absolute Gasteiger partial charge is 0.129 e. The first kappa shape index (κ1) is 18.7. The molecule has 4 rings (SSSR count). The van der Waals surface area contributed by atoms with Crippen molar-refractivity contribution in [3.05, 3.63) is 29.6 Å². The van der Waals surface area contributed by atoms with Gasteiger partial charge in [-0.05, 0) is 69.6 Å². The number of rotatable bonds is 4. The van der Waals surface area contributed by atoms with Crippen LogP contribution in [-0.4, -0.2) is 24.7 Å². The van der Waals surface area contributed by atoms with E-state index in [0.29, 0.717) is 36.3 Å². The van der Waals surface area contributed by atoms with Gasteiger partial charge >= 0.3 is 0 Å². The van der Waals surface area contributed by atoms with Crippen LogP contribution in [0.2, 0.25) is 0 Å². The number of hydrogen-bond donors (Lipinski definition) is 1. The maximum atomic E-state index is 15.0. The number of ether oxygens (including phenoxy) is 2. The van der Waals surface area contributed by atoms with Gasteiger partial charge in [0.25, 0.3) is 0 Å². The van der Waals surface area contributed by atoms with Gasteiger partial charge < -0.3 is 15.2 Å². The summed E-state index contributed by atoms with van der Waals surface area (Å²) >= 11 is 0. The highest BCUT2D eigenvalue weighted by Crippen LogP contribution is 2.53. The highest BCUT2D eigenvalue weighted by Gasteiger charge is 2.54. The fourth-order valence-corrected chi connectivity index (χ4v) is 4.48. The first-order valence-electron chi connectivity index (χ1n) is 10.0. The molecule has 1 aromatic carbocycles. The predicted molar refractivity (Wildman–Crippen MR) is 104 cm³/mol. The Bertz CT molecular complexity index is 770. The van der Waals surface area contributed by atoms with Crippen molar-refractivity contribution in [1.29, 1.82) is 0 Å². The minimum atomic E-state index is -0.780. The maximum absolute atomic E-state index is 15.0. The van der Waals surface area contributed by atoms with E-state index in [2.05, 4.69) is 27.7 Å². The summed E-state index contributed by atoms with van der Waals surface area (Å²) in [6.45, 7) is 9.45. The molecule has 2 N–H and O–H groups in total. The van der Waals surface area contributed by atoms with E-state index in [1.807, 2.05) is 6.07 Å². The minimum Gasteiger partial charge on any atom is -0.493 e. The normalized spacial score (nSPS) is 31.7. The molecule has 0 aromatic heterocycles. The van der Waals surface area contributed by atoms with Crippen LogP contribution in [0.3, 0.4) is 0 Å². The summed E-state index contributed by atoms with van der Waals surface area (Å²) in [5.74, 6) is 1.82. The molecule has 2 heterocycles. The van der Waals surface area contributed by atoms with Crippen molar-refractivity contribution in [2.24, 2.45) is 28.0 Å². The number of fused-ring (bicyclic) bond motifs is 1. The summed E-state index contributed by atoms with van der Waals surface area (Å²) < 4.78 is 27.1. The highest BCUT2D eigenvalue weighted by atomic mass is 19.1. The number of nitrogens with two attached hydrogens (primary N) is 1. The first-order chi connectivity index (χ1) is 12.6. The SMILES string of the molecule is CC1(C)C[C@H]2CC(C)(C)C(N)=N[C@@]2(c2cc(OCC3CC3)ccc2F)CO1. The molecule has 1 aromatic rings. The number of amidine groups is 1. The molecule has 0 spiro atoms. The highest BCUT2D eigenvalue weighted by molar-refractivity contribution is 5.87. The van der Waals surface area contributed by atoms with E-state index in [1.165, 1.54) is 18.9 Å². The van der Waals surface area contributed by atoms with Crippen LogP contribution in [0, 0.1) is 23.1 Å². The Hall–Kier alpha value is -1.62. The molecule has 2 fully saturated rings. The van der Waals surface area contributed by atoms with Crippen molar-refractivity contribution in [2.75, 3.05) is 13.2 Å². The van der Waals surface area contributed by atoms with Crippen LogP contribution in [-0.2, 0) is 10.3 Å². The molecule has 4 nitrogen and oxygen atoms in total. The monoisotopic (exact) mass is 374 g/mol. The average Bonchev–Trinajstić information content (AvgIpc) is 3.39. The second-order valence-electron chi connectivity index (χ2n) is 9.85. The summed E-state index contributed by atoms with van der Waals surface area (Å²) in [4.78, 5) is 4.91. The van der Waals surface area contributed by atoms with Crippen molar-refractivity contribution >= 4 is 5.84 Å². The molecule has 2 atom stereocenters. The van der Waals surface area contributed by atoms with Gasteiger partial charge in [-0.1, -0.05) is 13.8 Å². The Kier molecular flexibility index (Phi) is 4.30. The molecular formula is C22H31FN2O2. The lowest BCUT2D eigenvalue weighted by Crippen LogP contribution is -2.56. The van der Waals surface area contributed by atoms with Crippen molar-refractivity contribution in [1.82, 2.24) is 0 Å². The van der Waals surface area contributed by atoms with Crippen molar-refractivity contribution in [2.45, 2.75) is 64.5 Å². The van der Waals surface area contributed by atoms with Crippen molar-refractivity contribution in [3.8, 4) is 5.75 Å². The van der Waals surface area contributed by atoms with E-state index < -0.39 is 5.54 Å². The number of benzene rings is 1. The summed E-state index contributed by atoms with van der Waals surface area (Å²) in [5.41, 5.74) is 5.67. The van der Waals surface area contributed by atoms with Crippen LogP contribution < -0.4 is 10.5 Å². The summed E-state index contributed by atoms with van der Waals surface area (Å²) in [7, 11) is 0. The quantitative estimate of drug-likeness (QED) is 0.849. The Labute approximate surface area is 161 Å². The minimum absolute atomic E-state index is 0.164. The molecule has 0 radical (unpaired) electrons. The molecule has 1 saturated carbocycles. The van der Waals surface area contributed by atoms with Crippen LogP contribution in [0.15, 0.2) is 23.2 Å². The second kappa shape index (κ2) is 6.20. The Balaban J connectivity index is 1.76. The van der Waals surface area contributed by atoms with Crippen LogP contribution in [0.4, 0.5) is 4.39 Å². The summed E-state index contributed by atoms with van der Waals surface area (Å²) in [5, 5.41) is 0. The van der Waals surface area contributed by atoms with E-state index in [0.717, 1.165) is 12.8 Å². The first-order valence-corrected chi connectivity index (χ1v) is 10.0. The number of aliphatic imine (C=N–C) groups is 1. The average molecular weight is 375 g/mol. The molecule has 1 saturated heterocycles. The fourth-order valence-electron chi connectivity index (χ4n) is 4.48. The molecule has 0 bridgehead atoms. The largest absolute Gasteiger partial charge is 0.493 e. The van der Waals surface area contributed by atoms with Gasteiger partial charge in [0, 0.05) is 11.0 Å². The molecule has 3 aliphatic rings. The second-order valence-corrected chi connectivity index (χ2v) is 9.85. The van der Waals surface area contributed by atoms with Gasteiger partial charge in [0.2, 0.25) is 0 Å². The molecular weight excluding hydrogens is 343 g/mol. The molecule has 1 aliphatic carbocycles. The zero-order valence-corrected chi connectivity index (χ0v) is 16.8. The Morgan fingerprint density at radius 3 is 2.67 bits per heavy atom. The van der Waals surface area contributed by atoms with Gasteiger partial charge in [-0.25, -0.2) is 4.39 Å². The van der Waals surface area contributed by atoms with Crippen molar-refractivity contribution < 1.29 is 13.9 Å². The fraction of sp³-hybridized carbons (Fsp3) is 0.682. The van der Waals surface area contributed by atoms with Crippen LogP contribution in [0.1, 0.15) is 58.9 Å². The summed E-state index contributed by atoms with van der Waals surface area (Å²) in [6, 6.07) is 5.02.